The summed E-state index contributed by atoms with van der Waals surface area (Å²) in [5.74, 6) is 0. The van der Waals surface area contributed by atoms with E-state index in [1.807, 2.05) is 6.92 Å². The van der Waals surface area contributed by atoms with Gasteiger partial charge in [-0.1, -0.05) is 13.3 Å². The van der Waals surface area contributed by atoms with E-state index in [2.05, 4.69) is 6.92 Å². The molecule has 2 N–H and O–H groups in total. The molecule has 1 unspecified atom stereocenters. The fourth-order valence-electron chi connectivity index (χ4n) is 0.896. The maximum absolute atomic E-state index is 5.46. The van der Waals surface area contributed by atoms with Crippen LogP contribution in [0, 0.1) is 0 Å². The van der Waals surface area contributed by atoms with Crippen molar-refractivity contribution in [2.75, 3.05) is 19.8 Å². The molecule has 0 amide bonds. The average Bonchev–Trinajstić information content (AvgIpc) is 2.06. The molecule has 3 nitrogen and oxygen atoms in total. The lowest BCUT2D eigenvalue weighted by atomic mass is 10.3. The standard InChI is InChI=1S/C9H21NO2/c1-3-5-8-12-9(6-7-10)11-4-2/h9H,3-8,10H2,1-2H3. The van der Waals surface area contributed by atoms with Gasteiger partial charge in [-0.15, -0.1) is 0 Å². The molecule has 0 saturated carbocycles. The van der Waals surface area contributed by atoms with Gasteiger partial charge in [-0.05, 0) is 19.9 Å². The van der Waals surface area contributed by atoms with Crippen molar-refractivity contribution in [1.29, 1.82) is 0 Å². The van der Waals surface area contributed by atoms with Crippen LogP contribution < -0.4 is 5.73 Å². The Labute approximate surface area is 75.2 Å². The molecular weight excluding hydrogens is 154 g/mol. The number of hydrogen-bond acceptors (Lipinski definition) is 3. The van der Waals surface area contributed by atoms with Crippen LogP contribution in [0.5, 0.6) is 0 Å². The zero-order valence-electron chi connectivity index (χ0n) is 8.21. The molecule has 0 aromatic rings. The molecule has 0 heterocycles. The molecule has 12 heavy (non-hydrogen) atoms. The largest absolute Gasteiger partial charge is 0.353 e. The Bertz CT molecular complexity index is 82.6. The number of hydrogen-bond donors (Lipinski definition) is 1. The quantitative estimate of drug-likeness (QED) is 0.449. The third-order valence-electron chi connectivity index (χ3n) is 1.56. The fourth-order valence-corrected chi connectivity index (χ4v) is 0.896. The summed E-state index contributed by atoms with van der Waals surface area (Å²) in [7, 11) is 0. The summed E-state index contributed by atoms with van der Waals surface area (Å²) in [5.41, 5.74) is 5.40. The molecule has 0 saturated heterocycles. The van der Waals surface area contributed by atoms with E-state index in [-0.39, 0.29) is 6.29 Å². The monoisotopic (exact) mass is 175 g/mol. The molecule has 0 aliphatic rings. The van der Waals surface area contributed by atoms with Crippen LogP contribution in [0.15, 0.2) is 0 Å². The smallest absolute Gasteiger partial charge is 0.158 e. The molecule has 0 radical (unpaired) electrons. The second-order valence-corrected chi connectivity index (χ2v) is 2.69. The average molecular weight is 175 g/mol. The second-order valence-electron chi connectivity index (χ2n) is 2.69. The molecule has 0 aliphatic carbocycles. The third kappa shape index (κ3) is 6.58. The molecular formula is C9H21NO2. The lowest BCUT2D eigenvalue weighted by Gasteiger charge is -2.16. The van der Waals surface area contributed by atoms with Gasteiger partial charge < -0.3 is 15.2 Å². The first kappa shape index (κ1) is 11.9. The van der Waals surface area contributed by atoms with Crippen molar-refractivity contribution in [3.63, 3.8) is 0 Å². The molecule has 0 aliphatic heterocycles. The van der Waals surface area contributed by atoms with E-state index < -0.39 is 0 Å². The minimum absolute atomic E-state index is 0.0912. The molecule has 0 bridgehead atoms. The molecule has 0 aromatic carbocycles. The van der Waals surface area contributed by atoms with Crippen molar-refractivity contribution in [3.8, 4) is 0 Å². The van der Waals surface area contributed by atoms with Crippen LogP contribution in [0.25, 0.3) is 0 Å². The first-order valence-corrected chi connectivity index (χ1v) is 4.78. The van der Waals surface area contributed by atoms with Gasteiger partial charge in [0.2, 0.25) is 0 Å². The predicted octanol–water partition coefficient (Wildman–Crippen LogP) is 1.51. The molecule has 74 valence electrons. The Hall–Kier alpha value is -0.120. The highest BCUT2D eigenvalue weighted by molar-refractivity contribution is 4.46. The zero-order chi connectivity index (χ0) is 9.23. The number of rotatable bonds is 8. The van der Waals surface area contributed by atoms with Crippen molar-refractivity contribution >= 4 is 0 Å². The van der Waals surface area contributed by atoms with Gasteiger partial charge in [0, 0.05) is 19.6 Å². The van der Waals surface area contributed by atoms with E-state index >= 15 is 0 Å². The molecule has 3 heteroatoms. The van der Waals surface area contributed by atoms with Crippen LogP contribution in [-0.2, 0) is 9.47 Å². The van der Waals surface area contributed by atoms with Crippen LogP contribution in [0.2, 0.25) is 0 Å². The Balaban J connectivity index is 3.34. The Morgan fingerprint density at radius 3 is 2.50 bits per heavy atom. The molecule has 0 fully saturated rings. The highest BCUT2D eigenvalue weighted by Crippen LogP contribution is 2.01. The van der Waals surface area contributed by atoms with Crippen molar-refractivity contribution in [3.05, 3.63) is 0 Å². The maximum Gasteiger partial charge on any atom is 0.158 e. The van der Waals surface area contributed by atoms with Gasteiger partial charge in [-0.25, -0.2) is 0 Å². The first-order valence-electron chi connectivity index (χ1n) is 4.78. The van der Waals surface area contributed by atoms with Crippen LogP contribution >= 0.6 is 0 Å². The lowest BCUT2D eigenvalue weighted by molar-refractivity contribution is -0.141. The van der Waals surface area contributed by atoms with E-state index in [0.29, 0.717) is 13.2 Å². The van der Waals surface area contributed by atoms with E-state index in [1.54, 1.807) is 0 Å². The molecule has 0 spiro atoms. The topological polar surface area (TPSA) is 44.5 Å². The lowest BCUT2D eigenvalue weighted by Crippen LogP contribution is -2.21. The number of nitrogens with two attached hydrogens (primary N) is 1. The van der Waals surface area contributed by atoms with Crippen LogP contribution in [0.3, 0.4) is 0 Å². The van der Waals surface area contributed by atoms with E-state index in [4.69, 9.17) is 15.2 Å². The molecule has 1 atom stereocenters. The highest BCUT2D eigenvalue weighted by atomic mass is 16.7. The van der Waals surface area contributed by atoms with Gasteiger partial charge in [0.15, 0.2) is 6.29 Å². The summed E-state index contributed by atoms with van der Waals surface area (Å²) < 4.78 is 10.8. The zero-order valence-corrected chi connectivity index (χ0v) is 8.21. The van der Waals surface area contributed by atoms with Crippen LogP contribution in [0.1, 0.15) is 33.1 Å². The van der Waals surface area contributed by atoms with Crippen LogP contribution in [0.4, 0.5) is 0 Å². The minimum atomic E-state index is -0.0912. The van der Waals surface area contributed by atoms with Crippen molar-refractivity contribution in [2.24, 2.45) is 5.73 Å². The van der Waals surface area contributed by atoms with Gasteiger partial charge in [0.1, 0.15) is 0 Å². The Morgan fingerprint density at radius 1 is 1.25 bits per heavy atom. The van der Waals surface area contributed by atoms with E-state index in [1.165, 1.54) is 0 Å². The van der Waals surface area contributed by atoms with E-state index in [0.717, 1.165) is 25.9 Å². The van der Waals surface area contributed by atoms with Gasteiger partial charge in [-0.3, -0.25) is 0 Å². The summed E-state index contributed by atoms with van der Waals surface area (Å²) in [6, 6.07) is 0. The van der Waals surface area contributed by atoms with Crippen molar-refractivity contribution in [2.45, 2.75) is 39.4 Å². The minimum Gasteiger partial charge on any atom is -0.353 e. The first-order chi connectivity index (χ1) is 5.85. The Kier molecular flexibility index (Phi) is 8.88. The summed E-state index contributed by atoms with van der Waals surface area (Å²) in [6.07, 6.45) is 2.94. The van der Waals surface area contributed by atoms with Gasteiger partial charge in [-0.2, -0.15) is 0 Å². The van der Waals surface area contributed by atoms with Gasteiger partial charge in [0.25, 0.3) is 0 Å². The van der Waals surface area contributed by atoms with Crippen LogP contribution in [-0.4, -0.2) is 26.0 Å². The van der Waals surface area contributed by atoms with Gasteiger partial charge in [0.05, 0.1) is 0 Å². The van der Waals surface area contributed by atoms with Crippen molar-refractivity contribution < 1.29 is 9.47 Å². The van der Waals surface area contributed by atoms with E-state index in [9.17, 15) is 0 Å². The predicted molar refractivity (Wildman–Crippen MR) is 49.9 cm³/mol. The normalized spacial score (nSPS) is 13.2. The second kappa shape index (κ2) is 8.97. The summed E-state index contributed by atoms with van der Waals surface area (Å²) in [5, 5.41) is 0. The highest BCUT2D eigenvalue weighted by Gasteiger charge is 2.05. The van der Waals surface area contributed by atoms with Gasteiger partial charge >= 0.3 is 0 Å². The molecule has 0 aromatic heterocycles. The molecule has 0 rings (SSSR count). The summed E-state index contributed by atoms with van der Waals surface area (Å²) in [4.78, 5) is 0. The number of unbranched alkanes of at least 4 members (excludes halogenated alkanes) is 1. The number of ether oxygens (including phenoxy) is 2. The third-order valence-corrected chi connectivity index (χ3v) is 1.56. The fraction of sp³-hybridized carbons (Fsp3) is 1.00. The summed E-state index contributed by atoms with van der Waals surface area (Å²) in [6.45, 7) is 6.20. The SMILES string of the molecule is CCCCOC(CCN)OCC. The van der Waals surface area contributed by atoms with Crippen molar-refractivity contribution in [1.82, 2.24) is 0 Å². The Morgan fingerprint density at radius 2 is 2.00 bits per heavy atom. The maximum atomic E-state index is 5.46. The summed E-state index contributed by atoms with van der Waals surface area (Å²) >= 11 is 0.